The first-order valence-corrected chi connectivity index (χ1v) is 16.5. The van der Waals surface area contributed by atoms with E-state index in [9.17, 15) is 10.5 Å². The molecule has 2 aliphatic rings. The van der Waals surface area contributed by atoms with Crippen LogP contribution in [-0.2, 0) is 12.8 Å². The zero-order valence-electron chi connectivity index (χ0n) is 26.3. The summed E-state index contributed by atoms with van der Waals surface area (Å²) in [4.78, 5) is 0. The Morgan fingerprint density at radius 1 is 0.583 bits per heavy atom. The molecule has 0 bridgehead atoms. The third-order valence-corrected chi connectivity index (χ3v) is 10.00. The summed E-state index contributed by atoms with van der Waals surface area (Å²) >= 11 is 0. The summed E-state index contributed by atoms with van der Waals surface area (Å²) in [5.41, 5.74) is 15.2. The van der Waals surface area contributed by atoms with E-state index >= 15 is 0 Å². The van der Waals surface area contributed by atoms with Gasteiger partial charge in [-0.3, -0.25) is 0 Å². The summed E-state index contributed by atoms with van der Waals surface area (Å²) in [6.07, 6.45) is 10.3. The minimum atomic E-state index is 0.634. The highest BCUT2D eigenvalue weighted by Crippen LogP contribution is 2.40. The largest absolute Gasteiger partial charge is 0.313 e. The standard InChI is InChI=1S/C44H30N4/c45-27-29-17-23-38-37-12-4-8-16-43(37)48(44(38)25-29)40-13-5-1-9-34(40)31-20-18-30(19-21-31)32-22-24-39(33(26-32)28-46)47-41-14-6-2-10-35(41)36-11-3-7-15-42(36)47/h1-7,9-15,18-22,24-26H,8,16-17,23H2. The average molecular weight is 615 g/mol. The van der Waals surface area contributed by atoms with E-state index in [2.05, 4.69) is 149 Å². The minimum Gasteiger partial charge on any atom is -0.313 e. The molecule has 48 heavy (non-hydrogen) atoms. The maximum absolute atomic E-state index is 10.4. The van der Waals surface area contributed by atoms with Gasteiger partial charge < -0.3 is 9.13 Å². The normalized spacial score (nSPS) is 13.5. The molecule has 4 heteroatoms. The van der Waals surface area contributed by atoms with Crippen LogP contribution in [0.25, 0.3) is 67.6 Å². The molecule has 0 saturated carbocycles. The Bertz CT molecular complexity index is 2520. The molecule has 9 rings (SSSR count). The van der Waals surface area contributed by atoms with Crippen molar-refractivity contribution in [3.8, 4) is 45.8 Å². The predicted octanol–water partition coefficient (Wildman–Crippen LogP) is 10.6. The molecule has 226 valence electrons. The number of nitriles is 2. The van der Waals surface area contributed by atoms with Gasteiger partial charge in [-0.25, -0.2) is 0 Å². The van der Waals surface area contributed by atoms with Gasteiger partial charge in [-0.1, -0.05) is 97.1 Å². The number of rotatable bonds is 4. The van der Waals surface area contributed by atoms with E-state index in [1.807, 2.05) is 6.07 Å². The van der Waals surface area contributed by atoms with Crippen molar-refractivity contribution in [2.24, 2.45) is 0 Å². The molecule has 0 radical (unpaired) electrons. The maximum Gasteiger partial charge on any atom is 0.101 e. The smallest absolute Gasteiger partial charge is 0.101 e. The Balaban J connectivity index is 1.12. The maximum atomic E-state index is 10.4. The Labute approximate surface area is 279 Å². The van der Waals surface area contributed by atoms with Crippen LogP contribution >= 0.6 is 0 Å². The van der Waals surface area contributed by atoms with Crippen LogP contribution in [-0.4, -0.2) is 9.13 Å². The third-order valence-electron chi connectivity index (χ3n) is 10.00. The van der Waals surface area contributed by atoms with Crippen LogP contribution in [0, 0.1) is 22.7 Å². The molecule has 0 unspecified atom stereocenters. The number of fused-ring (bicyclic) bond motifs is 6. The van der Waals surface area contributed by atoms with Gasteiger partial charge >= 0.3 is 0 Å². The van der Waals surface area contributed by atoms with Crippen molar-refractivity contribution in [3.05, 3.63) is 155 Å². The van der Waals surface area contributed by atoms with Crippen molar-refractivity contribution in [2.45, 2.75) is 25.7 Å². The zero-order chi connectivity index (χ0) is 32.2. The Morgan fingerprint density at radius 2 is 1.27 bits per heavy atom. The van der Waals surface area contributed by atoms with Crippen LogP contribution in [0.1, 0.15) is 40.9 Å². The van der Waals surface area contributed by atoms with Crippen molar-refractivity contribution >= 4 is 34.0 Å². The van der Waals surface area contributed by atoms with Gasteiger partial charge in [0.25, 0.3) is 0 Å². The lowest BCUT2D eigenvalue weighted by atomic mass is 9.92. The van der Waals surface area contributed by atoms with E-state index in [4.69, 9.17) is 0 Å². The number of nitrogens with zero attached hydrogens (tertiary/aromatic N) is 4. The molecule has 0 aliphatic heterocycles. The molecule has 4 nitrogen and oxygen atoms in total. The van der Waals surface area contributed by atoms with Gasteiger partial charge in [0.15, 0.2) is 0 Å². The molecule has 0 saturated heterocycles. The molecule has 2 aromatic heterocycles. The van der Waals surface area contributed by atoms with E-state index in [0.717, 1.165) is 81.6 Å². The number of hydrogen-bond donors (Lipinski definition) is 0. The number of hydrogen-bond acceptors (Lipinski definition) is 2. The first-order chi connectivity index (χ1) is 23.7. The van der Waals surface area contributed by atoms with E-state index in [0.29, 0.717) is 5.56 Å². The molecule has 2 aliphatic carbocycles. The first kappa shape index (κ1) is 27.9. The van der Waals surface area contributed by atoms with Crippen molar-refractivity contribution in [2.75, 3.05) is 0 Å². The molecule has 0 fully saturated rings. The minimum absolute atomic E-state index is 0.634. The summed E-state index contributed by atoms with van der Waals surface area (Å²) in [6, 6.07) is 45.1. The molecule has 0 spiro atoms. The second-order valence-corrected chi connectivity index (χ2v) is 12.6. The van der Waals surface area contributed by atoms with Crippen molar-refractivity contribution in [1.29, 1.82) is 10.5 Å². The van der Waals surface area contributed by atoms with Gasteiger partial charge in [0.05, 0.1) is 39.7 Å². The number of para-hydroxylation sites is 3. The zero-order valence-corrected chi connectivity index (χ0v) is 26.3. The van der Waals surface area contributed by atoms with Gasteiger partial charge in [-0.05, 0) is 89.9 Å². The second-order valence-electron chi connectivity index (χ2n) is 12.6. The molecule has 2 heterocycles. The lowest BCUT2D eigenvalue weighted by Gasteiger charge is -2.19. The lowest BCUT2D eigenvalue weighted by molar-refractivity contribution is 0.867. The van der Waals surface area contributed by atoms with Gasteiger partial charge in [-0.2, -0.15) is 10.5 Å². The molecule has 0 amide bonds. The third kappa shape index (κ3) is 4.28. The molecule has 0 N–H and O–H groups in total. The molecular weight excluding hydrogens is 585 g/mol. The van der Waals surface area contributed by atoms with Crippen LogP contribution in [0.15, 0.2) is 127 Å². The Kier molecular flexibility index (Phi) is 6.49. The molecular formula is C44H30N4. The first-order valence-electron chi connectivity index (χ1n) is 16.5. The summed E-state index contributed by atoms with van der Waals surface area (Å²) in [5, 5.41) is 22.5. The monoisotopic (exact) mass is 614 g/mol. The lowest BCUT2D eigenvalue weighted by Crippen LogP contribution is -2.07. The van der Waals surface area contributed by atoms with Crippen LogP contribution in [0.4, 0.5) is 0 Å². The summed E-state index contributed by atoms with van der Waals surface area (Å²) in [5.74, 6) is 0. The highest BCUT2D eigenvalue weighted by molar-refractivity contribution is 6.09. The SMILES string of the molecule is N#CC1=Cc2c(c3c(n2-c2ccccc2-c2ccc(-c4ccc(-n5c6ccccc6c6ccccc65)c(C#N)c4)cc2)CCC=C3)CC1. The summed E-state index contributed by atoms with van der Waals surface area (Å²) < 4.78 is 4.61. The Hall–Kier alpha value is -6.36. The van der Waals surface area contributed by atoms with Gasteiger partial charge in [0.2, 0.25) is 0 Å². The van der Waals surface area contributed by atoms with Gasteiger partial charge in [0.1, 0.15) is 6.07 Å². The second kappa shape index (κ2) is 11.2. The molecule has 0 atom stereocenters. The van der Waals surface area contributed by atoms with Crippen LogP contribution in [0.5, 0.6) is 0 Å². The topological polar surface area (TPSA) is 57.4 Å². The van der Waals surface area contributed by atoms with Gasteiger partial charge in [-0.15, -0.1) is 0 Å². The van der Waals surface area contributed by atoms with E-state index < -0.39 is 0 Å². The van der Waals surface area contributed by atoms with E-state index in [1.165, 1.54) is 27.6 Å². The summed E-state index contributed by atoms with van der Waals surface area (Å²) in [6.45, 7) is 0. The highest BCUT2D eigenvalue weighted by atomic mass is 15.0. The fourth-order valence-corrected chi connectivity index (χ4v) is 7.79. The predicted molar refractivity (Wildman–Crippen MR) is 195 cm³/mol. The van der Waals surface area contributed by atoms with Crippen molar-refractivity contribution < 1.29 is 0 Å². The number of allylic oxidation sites excluding steroid dienone is 2. The van der Waals surface area contributed by atoms with E-state index in [1.54, 1.807) is 0 Å². The number of aromatic nitrogens is 2. The van der Waals surface area contributed by atoms with Crippen LogP contribution in [0.3, 0.4) is 0 Å². The average Bonchev–Trinajstić information content (AvgIpc) is 3.67. The summed E-state index contributed by atoms with van der Waals surface area (Å²) in [7, 11) is 0. The highest BCUT2D eigenvalue weighted by Gasteiger charge is 2.26. The van der Waals surface area contributed by atoms with Crippen molar-refractivity contribution in [3.63, 3.8) is 0 Å². The van der Waals surface area contributed by atoms with E-state index in [-0.39, 0.29) is 0 Å². The van der Waals surface area contributed by atoms with Gasteiger partial charge in [0, 0.05) is 27.6 Å². The van der Waals surface area contributed by atoms with Crippen molar-refractivity contribution in [1.82, 2.24) is 9.13 Å². The molecule has 5 aromatic carbocycles. The fraction of sp³-hybridized carbons (Fsp3) is 0.0909. The quantitative estimate of drug-likeness (QED) is 0.198. The van der Waals surface area contributed by atoms with Crippen LogP contribution < -0.4 is 0 Å². The number of benzene rings is 5. The Morgan fingerprint density at radius 3 is 2.02 bits per heavy atom. The fourth-order valence-electron chi connectivity index (χ4n) is 7.79. The molecule has 7 aromatic rings. The van der Waals surface area contributed by atoms with Crippen LogP contribution in [0.2, 0.25) is 0 Å².